The first kappa shape index (κ1) is 17.0. The number of nitrogens with one attached hydrogen (secondary N) is 1. The normalized spacial score (nSPS) is 12.0. The fourth-order valence-corrected chi connectivity index (χ4v) is 2.86. The molecular formula is C21H20FNO2. The zero-order valence-corrected chi connectivity index (χ0v) is 14.3. The molecule has 0 aliphatic heterocycles. The van der Waals surface area contributed by atoms with Gasteiger partial charge >= 0.3 is 0 Å². The summed E-state index contributed by atoms with van der Waals surface area (Å²) in [4.78, 5) is 12.3. The Balaban J connectivity index is 1.67. The van der Waals surface area contributed by atoms with Gasteiger partial charge in [0, 0.05) is 0 Å². The van der Waals surface area contributed by atoms with E-state index in [4.69, 9.17) is 4.74 Å². The lowest BCUT2D eigenvalue weighted by molar-refractivity contribution is -0.121. The second-order valence-electron chi connectivity index (χ2n) is 6.04. The topological polar surface area (TPSA) is 38.3 Å². The van der Waals surface area contributed by atoms with Crippen LogP contribution in [0.4, 0.5) is 4.39 Å². The van der Waals surface area contributed by atoms with Crippen molar-refractivity contribution in [1.82, 2.24) is 5.32 Å². The smallest absolute Gasteiger partial charge is 0.224 e. The third-order valence-corrected chi connectivity index (χ3v) is 4.23. The predicted molar refractivity (Wildman–Crippen MR) is 97.2 cm³/mol. The van der Waals surface area contributed by atoms with Gasteiger partial charge in [-0.3, -0.25) is 4.79 Å². The van der Waals surface area contributed by atoms with E-state index in [1.807, 2.05) is 49.4 Å². The number of fused-ring (bicyclic) bond motifs is 1. The molecule has 1 amide bonds. The van der Waals surface area contributed by atoms with Crippen LogP contribution in [0.5, 0.6) is 5.75 Å². The lowest BCUT2D eigenvalue weighted by Crippen LogP contribution is -2.28. The Labute approximate surface area is 146 Å². The van der Waals surface area contributed by atoms with E-state index in [2.05, 4.69) is 5.32 Å². The molecule has 128 valence electrons. The number of hydrogen-bond donors (Lipinski definition) is 1. The molecular weight excluding hydrogens is 317 g/mol. The van der Waals surface area contributed by atoms with Gasteiger partial charge in [0.05, 0.1) is 19.6 Å². The van der Waals surface area contributed by atoms with Crippen molar-refractivity contribution in [2.24, 2.45) is 0 Å². The third-order valence-electron chi connectivity index (χ3n) is 4.23. The van der Waals surface area contributed by atoms with Gasteiger partial charge in [0.25, 0.3) is 0 Å². The molecule has 0 radical (unpaired) electrons. The molecule has 0 saturated heterocycles. The Hall–Kier alpha value is -2.88. The van der Waals surface area contributed by atoms with E-state index in [0.717, 1.165) is 16.3 Å². The Bertz CT molecular complexity index is 907. The maximum atomic E-state index is 13.8. The van der Waals surface area contributed by atoms with Crippen molar-refractivity contribution < 1.29 is 13.9 Å². The lowest BCUT2D eigenvalue weighted by Gasteiger charge is -2.15. The largest absolute Gasteiger partial charge is 0.494 e. The summed E-state index contributed by atoms with van der Waals surface area (Å²) in [6.45, 7) is 1.83. The zero-order chi connectivity index (χ0) is 17.8. The van der Waals surface area contributed by atoms with Crippen LogP contribution in [0.2, 0.25) is 0 Å². The van der Waals surface area contributed by atoms with Crippen LogP contribution < -0.4 is 10.1 Å². The minimum absolute atomic E-state index is 0.0981. The summed E-state index contributed by atoms with van der Waals surface area (Å²) in [5, 5.41) is 5.17. The highest BCUT2D eigenvalue weighted by molar-refractivity contribution is 5.85. The van der Waals surface area contributed by atoms with E-state index in [1.165, 1.54) is 13.2 Å². The summed E-state index contributed by atoms with van der Waals surface area (Å²) in [5.41, 5.74) is 1.65. The fraction of sp³-hybridized carbons (Fsp3) is 0.190. The molecule has 1 N–H and O–H groups in total. The number of methoxy groups -OCH3 is 1. The molecule has 0 unspecified atom stereocenters. The van der Waals surface area contributed by atoms with Crippen molar-refractivity contribution in [2.45, 2.75) is 19.4 Å². The first-order valence-electron chi connectivity index (χ1n) is 8.17. The Morgan fingerprint density at radius 3 is 2.56 bits per heavy atom. The summed E-state index contributed by atoms with van der Waals surface area (Å²) in [6, 6.07) is 18.5. The molecule has 4 heteroatoms. The standard InChI is InChI=1S/C21H20FNO2/c1-14(17-9-10-20(25-2)19(22)13-17)23-21(24)12-15-7-8-16-5-3-4-6-18(16)11-15/h3-11,13-14H,12H2,1-2H3,(H,23,24)/t14-/m1/s1. The number of hydrogen-bond acceptors (Lipinski definition) is 2. The maximum Gasteiger partial charge on any atom is 0.224 e. The minimum Gasteiger partial charge on any atom is -0.494 e. The van der Waals surface area contributed by atoms with Crippen LogP contribution in [0, 0.1) is 5.82 Å². The molecule has 25 heavy (non-hydrogen) atoms. The number of amides is 1. The van der Waals surface area contributed by atoms with Crippen LogP contribution in [0.15, 0.2) is 60.7 Å². The average molecular weight is 337 g/mol. The first-order valence-corrected chi connectivity index (χ1v) is 8.17. The van der Waals surface area contributed by atoms with Crippen LogP contribution in [0.3, 0.4) is 0 Å². The number of carbonyl (C=O) groups is 1. The van der Waals surface area contributed by atoms with Crippen LogP contribution >= 0.6 is 0 Å². The molecule has 3 rings (SSSR count). The number of rotatable bonds is 5. The zero-order valence-electron chi connectivity index (χ0n) is 14.3. The van der Waals surface area contributed by atoms with E-state index in [9.17, 15) is 9.18 Å². The highest BCUT2D eigenvalue weighted by Crippen LogP contribution is 2.22. The predicted octanol–water partition coefficient (Wildman–Crippen LogP) is 4.41. The second kappa shape index (κ2) is 7.34. The monoisotopic (exact) mass is 337 g/mol. The molecule has 0 aliphatic carbocycles. The summed E-state index contributed by atoms with van der Waals surface area (Å²) in [5.74, 6) is -0.340. The van der Waals surface area contributed by atoms with Gasteiger partial charge in [-0.25, -0.2) is 4.39 Å². The van der Waals surface area contributed by atoms with Gasteiger partial charge in [-0.1, -0.05) is 48.5 Å². The molecule has 0 fully saturated rings. The molecule has 0 heterocycles. The van der Waals surface area contributed by atoms with Gasteiger partial charge in [-0.15, -0.1) is 0 Å². The van der Waals surface area contributed by atoms with Gasteiger partial charge in [0.1, 0.15) is 0 Å². The van der Waals surface area contributed by atoms with E-state index in [-0.39, 0.29) is 24.1 Å². The van der Waals surface area contributed by atoms with Crippen LogP contribution in [-0.4, -0.2) is 13.0 Å². The lowest BCUT2D eigenvalue weighted by atomic mass is 10.0. The van der Waals surface area contributed by atoms with Crippen LogP contribution in [0.25, 0.3) is 10.8 Å². The van der Waals surface area contributed by atoms with E-state index in [1.54, 1.807) is 12.1 Å². The number of halogens is 1. The third kappa shape index (κ3) is 3.97. The van der Waals surface area contributed by atoms with Crippen molar-refractivity contribution in [3.05, 3.63) is 77.6 Å². The molecule has 0 spiro atoms. The minimum atomic E-state index is -0.435. The molecule has 0 bridgehead atoms. The highest BCUT2D eigenvalue weighted by Gasteiger charge is 2.13. The Morgan fingerprint density at radius 2 is 1.84 bits per heavy atom. The van der Waals surface area contributed by atoms with Crippen molar-refractivity contribution in [3.63, 3.8) is 0 Å². The molecule has 0 aromatic heterocycles. The average Bonchev–Trinajstić information content (AvgIpc) is 2.61. The van der Waals surface area contributed by atoms with Crippen molar-refractivity contribution >= 4 is 16.7 Å². The molecule has 3 nitrogen and oxygen atoms in total. The number of ether oxygens (including phenoxy) is 1. The van der Waals surface area contributed by atoms with Gasteiger partial charge < -0.3 is 10.1 Å². The summed E-state index contributed by atoms with van der Waals surface area (Å²) in [6.07, 6.45) is 0.286. The Morgan fingerprint density at radius 1 is 1.08 bits per heavy atom. The van der Waals surface area contributed by atoms with Gasteiger partial charge in [-0.05, 0) is 41.0 Å². The summed E-state index contributed by atoms with van der Waals surface area (Å²) >= 11 is 0. The quantitative estimate of drug-likeness (QED) is 0.749. The Kier molecular flexibility index (Phi) is 4.98. The SMILES string of the molecule is COc1ccc([C@@H](C)NC(=O)Cc2ccc3ccccc3c2)cc1F. The van der Waals surface area contributed by atoms with E-state index < -0.39 is 5.82 Å². The molecule has 0 aliphatic rings. The van der Waals surface area contributed by atoms with E-state index >= 15 is 0 Å². The summed E-state index contributed by atoms with van der Waals surface area (Å²) in [7, 11) is 1.42. The van der Waals surface area contributed by atoms with Crippen LogP contribution in [-0.2, 0) is 11.2 Å². The second-order valence-corrected chi connectivity index (χ2v) is 6.04. The molecule has 3 aromatic rings. The van der Waals surface area contributed by atoms with Gasteiger partial charge in [0.15, 0.2) is 11.6 Å². The maximum absolute atomic E-state index is 13.8. The molecule has 0 saturated carbocycles. The molecule has 1 atom stereocenters. The number of carbonyl (C=O) groups excluding carboxylic acids is 1. The van der Waals surface area contributed by atoms with Crippen molar-refractivity contribution in [2.75, 3.05) is 7.11 Å². The highest BCUT2D eigenvalue weighted by atomic mass is 19.1. The first-order chi connectivity index (χ1) is 12.1. The number of benzene rings is 3. The van der Waals surface area contributed by atoms with Crippen LogP contribution in [0.1, 0.15) is 24.1 Å². The fourth-order valence-electron chi connectivity index (χ4n) is 2.86. The van der Waals surface area contributed by atoms with E-state index in [0.29, 0.717) is 5.56 Å². The van der Waals surface area contributed by atoms with Crippen molar-refractivity contribution in [1.29, 1.82) is 0 Å². The molecule has 3 aromatic carbocycles. The summed E-state index contributed by atoms with van der Waals surface area (Å²) < 4.78 is 18.7. The van der Waals surface area contributed by atoms with Crippen molar-refractivity contribution in [3.8, 4) is 5.75 Å². The van der Waals surface area contributed by atoms with Gasteiger partial charge in [-0.2, -0.15) is 0 Å². The van der Waals surface area contributed by atoms with Gasteiger partial charge in [0.2, 0.25) is 5.91 Å².